The zero-order valence-electron chi connectivity index (χ0n) is 15.0. The Morgan fingerprint density at radius 2 is 1.88 bits per heavy atom. The van der Waals surface area contributed by atoms with E-state index in [1.165, 1.54) is 0 Å². The van der Waals surface area contributed by atoms with Gasteiger partial charge in [-0.2, -0.15) is 0 Å². The second kappa shape index (κ2) is 7.17. The highest BCUT2D eigenvalue weighted by atomic mass is 16.2. The van der Waals surface area contributed by atoms with E-state index >= 15 is 0 Å². The Morgan fingerprint density at radius 3 is 2.56 bits per heavy atom. The van der Waals surface area contributed by atoms with Gasteiger partial charge in [-0.25, -0.2) is 4.98 Å². The maximum Gasteiger partial charge on any atom is 0.242 e. The smallest absolute Gasteiger partial charge is 0.242 e. The van der Waals surface area contributed by atoms with Gasteiger partial charge in [0.05, 0.1) is 23.3 Å². The van der Waals surface area contributed by atoms with E-state index in [1.807, 2.05) is 49.9 Å². The molecular formula is C19H24N4O2. The predicted molar refractivity (Wildman–Crippen MR) is 95.8 cm³/mol. The second-order valence-corrected chi connectivity index (χ2v) is 6.90. The largest absolute Gasteiger partial charge is 0.337 e. The van der Waals surface area contributed by atoms with Crippen LogP contribution in [-0.4, -0.2) is 57.3 Å². The zero-order valence-corrected chi connectivity index (χ0v) is 15.0. The Hall–Kier alpha value is -2.50. The molecule has 1 aliphatic heterocycles. The lowest BCUT2D eigenvalue weighted by atomic mass is 10.0. The first-order valence-corrected chi connectivity index (χ1v) is 8.74. The topological polar surface area (TPSA) is 66.4 Å². The van der Waals surface area contributed by atoms with Crippen LogP contribution in [0.2, 0.25) is 0 Å². The summed E-state index contributed by atoms with van der Waals surface area (Å²) in [6, 6.07) is 7.86. The molecule has 25 heavy (non-hydrogen) atoms. The lowest BCUT2D eigenvalue weighted by Gasteiger charge is -2.37. The van der Waals surface area contributed by atoms with Crippen LogP contribution in [0.4, 0.5) is 0 Å². The van der Waals surface area contributed by atoms with Gasteiger partial charge in [0.1, 0.15) is 0 Å². The molecule has 2 heterocycles. The van der Waals surface area contributed by atoms with Gasteiger partial charge in [0.25, 0.3) is 0 Å². The van der Waals surface area contributed by atoms with Crippen LogP contribution in [0.1, 0.15) is 26.5 Å². The lowest BCUT2D eigenvalue weighted by Crippen LogP contribution is -2.55. The number of hydrogen-bond acceptors (Lipinski definition) is 4. The molecule has 3 rings (SSSR count). The van der Waals surface area contributed by atoms with Crippen LogP contribution in [0.5, 0.6) is 0 Å². The van der Waals surface area contributed by atoms with Crippen molar-refractivity contribution in [3.63, 3.8) is 0 Å². The number of hydrogen-bond donors (Lipinski definition) is 0. The van der Waals surface area contributed by atoms with Gasteiger partial charge in [-0.1, -0.05) is 19.1 Å². The highest BCUT2D eigenvalue weighted by molar-refractivity contribution is 5.87. The van der Waals surface area contributed by atoms with Crippen LogP contribution >= 0.6 is 0 Å². The fourth-order valence-electron chi connectivity index (χ4n) is 3.23. The molecule has 1 aromatic carbocycles. The van der Waals surface area contributed by atoms with Gasteiger partial charge in [0.2, 0.25) is 11.8 Å². The van der Waals surface area contributed by atoms with Crippen molar-refractivity contribution in [2.45, 2.75) is 33.2 Å². The Bertz CT molecular complexity index is 790. The van der Waals surface area contributed by atoms with E-state index < -0.39 is 0 Å². The molecule has 1 unspecified atom stereocenters. The van der Waals surface area contributed by atoms with Gasteiger partial charge in [0, 0.05) is 37.7 Å². The Labute approximate surface area is 147 Å². The number of piperazine rings is 1. The molecule has 2 aromatic rings. The minimum Gasteiger partial charge on any atom is -0.337 e. The van der Waals surface area contributed by atoms with Gasteiger partial charge in [-0.15, -0.1) is 0 Å². The molecule has 0 radical (unpaired) electrons. The fourth-order valence-corrected chi connectivity index (χ4v) is 3.23. The van der Waals surface area contributed by atoms with Crippen molar-refractivity contribution in [1.29, 1.82) is 0 Å². The number of carbonyl (C=O) groups is 2. The van der Waals surface area contributed by atoms with Gasteiger partial charge in [-0.3, -0.25) is 14.6 Å². The molecule has 1 saturated heterocycles. The van der Waals surface area contributed by atoms with E-state index in [0.29, 0.717) is 19.5 Å². The molecule has 0 bridgehead atoms. The first-order valence-electron chi connectivity index (χ1n) is 8.74. The molecule has 1 aromatic heterocycles. The van der Waals surface area contributed by atoms with E-state index in [2.05, 4.69) is 9.97 Å². The number of amides is 2. The van der Waals surface area contributed by atoms with E-state index in [-0.39, 0.29) is 30.3 Å². The van der Waals surface area contributed by atoms with Gasteiger partial charge < -0.3 is 9.80 Å². The highest BCUT2D eigenvalue weighted by Gasteiger charge is 2.30. The van der Waals surface area contributed by atoms with Crippen LogP contribution in [-0.2, 0) is 16.0 Å². The Balaban J connectivity index is 1.65. The average Bonchev–Trinajstić information content (AvgIpc) is 2.60. The minimum absolute atomic E-state index is 0.00622. The molecule has 0 N–H and O–H groups in total. The monoisotopic (exact) mass is 340 g/mol. The minimum atomic E-state index is -0.228. The maximum atomic E-state index is 12.7. The molecular weight excluding hydrogens is 316 g/mol. The van der Waals surface area contributed by atoms with E-state index in [1.54, 1.807) is 11.1 Å². The first-order chi connectivity index (χ1) is 12.0. The third-order valence-corrected chi connectivity index (χ3v) is 4.63. The molecule has 1 aliphatic rings. The molecule has 0 saturated carbocycles. The molecule has 2 amide bonds. The number of fused-ring (bicyclic) bond motifs is 1. The zero-order chi connectivity index (χ0) is 18.0. The van der Waals surface area contributed by atoms with Crippen LogP contribution in [0.25, 0.3) is 11.0 Å². The van der Waals surface area contributed by atoms with Crippen molar-refractivity contribution in [1.82, 2.24) is 19.8 Å². The lowest BCUT2D eigenvalue weighted by molar-refractivity contribution is -0.148. The number of carbonyl (C=O) groups excluding carboxylic acids is 2. The third kappa shape index (κ3) is 3.78. The number of para-hydroxylation sites is 2. The van der Waals surface area contributed by atoms with Gasteiger partial charge in [-0.05, 0) is 26.0 Å². The van der Waals surface area contributed by atoms with Crippen molar-refractivity contribution < 1.29 is 9.59 Å². The summed E-state index contributed by atoms with van der Waals surface area (Å²) < 4.78 is 0. The quantitative estimate of drug-likeness (QED) is 0.852. The molecule has 1 fully saturated rings. The van der Waals surface area contributed by atoms with Crippen LogP contribution in [0, 0.1) is 5.92 Å². The molecule has 0 spiro atoms. The number of benzene rings is 1. The fraction of sp³-hybridized carbons (Fsp3) is 0.474. The van der Waals surface area contributed by atoms with Crippen LogP contribution in [0.3, 0.4) is 0 Å². The SMILES string of the molecule is CC(Cc1cnc2ccccc2n1)C(=O)N1CCN(C(C)C)C(=O)C1. The van der Waals surface area contributed by atoms with Crippen molar-refractivity contribution in [3.05, 3.63) is 36.2 Å². The summed E-state index contributed by atoms with van der Waals surface area (Å²) >= 11 is 0. The van der Waals surface area contributed by atoms with Gasteiger partial charge >= 0.3 is 0 Å². The summed E-state index contributed by atoms with van der Waals surface area (Å²) in [4.78, 5) is 37.4. The summed E-state index contributed by atoms with van der Waals surface area (Å²) in [7, 11) is 0. The molecule has 6 nitrogen and oxygen atoms in total. The average molecular weight is 340 g/mol. The summed E-state index contributed by atoms with van der Waals surface area (Å²) in [5, 5.41) is 0. The Kier molecular flexibility index (Phi) is 4.97. The number of aromatic nitrogens is 2. The van der Waals surface area contributed by atoms with Crippen molar-refractivity contribution in [3.8, 4) is 0 Å². The Morgan fingerprint density at radius 1 is 1.16 bits per heavy atom. The van der Waals surface area contributed by atoms with Crippen molar-refractivity contribution in [2.24, 2.45) is 5.92 Å². The van der Waals surface area contributed by atoms with Crippen LogP contribution < -0.4 is 0 Å². The number of nitrogens with zero attached hydrogens (tertiary/aromatic N) is 4. The van der Waals surface area contributed by atoms with Gasteiger partial charge in [0.15, 0.2) is 0 Å². The first kappa shape index (κ1) is 17.3. The van der Waals surface area contributed by atoms with E-state index in [4.69, 9.17) is 0 Å². The summed E-state index contributed by atoms with van der Waals surface area (Å²) in [5.74, 6) is -0.201. The summed E-state index contributed by atoms with van der Waals surface area (Å²) in [6.07, 6.45) is 2.25. The normalized spacial score (nSPS) is 16.6. The highest BCUT2D eigenvalue weighted by Crippen LogP contribution is 2.15. The van der Waals surface area contributed by atoms with E-state index in [0.717, 1.165) is 16.7 Å². The predicted octanol–water partition coefficient (Wildman–Crippen LogP) is 1.89. The maximum absolute atomic E-state index is 12.7. The molecule has 1 atom stereocenters. The molecule has 6 heteroatoms. The second-order valence-electron chi connectivity index (χ2n) is 6.90. The number of rotatable bonds is 4. The third-order valence-electron chi connectivity index (χ3n) is 4.63. The molecule has 0 aliphatic carbocycles. The van der Waals surface area contributed by atoms with E-state index in [9.17, 15) is 9.59 Å². The van der Waals surface area contributed by atoms with Crippen molar-refractivity contribution >= 4 is 22.8 Å². The standard InChI is InChI=1S/C19H24N4O2/c1-13(2)23-9-8-22(12-18(23)24)19(25)14(3)10-15-11-20-16-6-4-5-7-17(16)21-15/h4-7,11,13-14H,8-10,12H2,1-3H3. The van der Waals surface area contributed by atoms with Crippen molar-refractivity contribution in [2.75, 3.05) is 19.6 Å². The summed E-state index contributed by atoms with van der Waals surface area (Å²) in [6.45, 7) is 7.25. The summed E-state index contributed by atoms with van der Waals surface area (Å²) in [5.41, 5.74) is 2.48. The molecule has 132 valence electrons. The van der Waals surface area contributed by atoms with Crippen LogP contribution in [0.15, 0.2) is 30.5 Å².